The third kappa shape index (κ3) is 5.85. The summed E-state index contributed by atoms with van der Waals surface area (Å²) in [4.78, 5) is 16.1. The predicted octanol–water partition coefficient (Wildman–Crippen LogP) is 2.65. The first-order valence-electron chi connectivity index (χ1n) is 7.60. The van der Waals surface area contributed by atoms with E-state index in [4.69, 9.17) is 20.0 Å². The molecule has 0 radical (unpaired) electrons. The van der Waals surface area contributed by atoms with Gasteiger partial charge >= 0.3 is 0 Å². The zero-order chi connectivity index (χ0) is 17.9. The van der Waals surface area contributed by atoms with Gasteiger partial charge in [0.2, 0.25) is 0 Å². The van der Waals surface area contributed by atoms with Gasteiger partial charge in [-0.15, -0.1) is 0 Å². The van der Waals surface area contributed by atoms with Gasteiger partial charge < -0.3 is 14.8 Å². The molecule has 1 amide bonds. The summed E-state index contributed by atoms with van der Waals surface area (Å²) in [6.45, 7) is 0.167. The monoisotopic (exact) mass is 336 g/mol. The maximum atomic E-state index is 12.0. The average Bonchev–Trinajstić information content (AvgIpc) is 2.65. The molecule has 0 saturated heterocycles. The van der Waals surface area contributed by atoms with Crippen molar-refractivity contribution in [3.63, 3.8) is 0 Å². The van der Waals surface area contributed by atoms with Crippen molar-refractivity contribution >= 4 is 11.7 Å². The van der Waals surface area contributed by atoms with Crippen LogP contribution in [0.4, 0.5) is 5.82 Å². The third-order valence-electron chi connectivity index (χ3n) is 3.07. The van der Waals surface area contributed by atoms with E-state index in [2.05, 4.69) is 10.3 Å². The molecule has 25 heavy (non-hydrogen) atoms. The fraction of sp³-hybridized carbons (Fsp3) is 0.222. The standard InChI is InChI=1S/C18H16N4O3/c19-9-1-2-11-24-16-4-3-10-21-18(16)22-17(23)13-25-15-7-5-14(12-20)6-8-15/h3-8,10H,1-2,11,13H2,(H,21,22,23). The van der Waals surface area contributed by atoms with Crippen molar-refractivity contribution in [3.05, 3.63) is 48.2 Å². The maximum absolute atomic E-state index is 12.0. The maximum Gasteiger partial charge on any atom is 0.263 e. The zero-order valence-electron chi connectivity index (χ0n) is 13.4. The molecule has 0 atom stereocenters. The number of carbonyl (C=O) groups excluding carboxylic acids is 1. The number of pyridine rings is 1. The molecule has 0 aliphatic carbocycles. The number of amides is 1. The van der Waals surface area contributed by atoms with Gasteiger partial charge in [0.05, 0.1) is 24.3 Å². The van der Waals surface area contributed by atoms with E-state index in [1.165, 1.54) is 0 Å². The first-order chi connectivity index (χ1) is 12.2. The fourth-order valence-corrected chi connectivity index (χ4v) is 1.88. The van der Waals surface area contributed by atoms with Crippen LogP contribution in [0.3, 0.4) is 0 Å². The molecule has 0 aliphatic rings. The van der Waals surface area contributed by atoms with E-state index in [9.17, 15) is 4.79 Å². The molecule has 7 nitrogen and oxygen atoms in total. The topological polar surface area (TPSA) is 108 Å². The van der Waals surface area contributed by atoms with E-state index in [1.807, 2.05) is 12.1 Å². The van der Waals surface area contributed by atoms with Crippen molar-refractivity contribution in [1.29, 1.82) is 10.5 Å². The average molecular weight is 336 g/mol. The number of nitrogens with zero attached hydrogens (tertiary/aromatic N) is 3. The van der Waals surface area contributed by atoms with E-state index >= 15 is 0 Å². The number of aromatic nitrogens is 1. The van der Waals surface area contributed by atoms with Crippen molar-refractivity contribution in [2.45, 2.75) is 12.8 Å². The van der Waals surface area contributed by atoms with Crippen LogP contribution in [-0.4, -0.2) is 24.1 Å². The molecule has 0 saturated carbocycles. The van der Waals surface area contributed by atoms with Crippen LogP contribution in [0.25, 0.3) is 0 Å². The minimum Gasteiger partial charge on any atom is -0.490 e. The third-order valence-corrected chi connectivity index (χ3v) is 3.07. The molecule has 7 heteroatoms. The normalized spacial score (nSPS) is 9.52. The SMILES string of the molecule is N#CCCCOc1cccnc1NC(=O)COc1ccc(C#N)cc1. The van der Waals surface area contributed by atoms with Gasteiger partial charge in [0.15, 0.2) is 18.2 Å². The molecule has 0 spiro atoms. The first kappa shape index (κ1) is 17.8. The Balaban J connectivity index is 1.87. The largest absolute Gasteiger partial charge is 0.490 e. The molecular formula is C18H16N4O3. The second kappa shape index (κ2) is 9.53. The lowest BCUT2D eigenvalue weighted by molar-refractivity contribution is -0.118. The Hall–Kier alpha value is -3.58. The number of carbonyl (C=O) groups is 1. The van der Waals surface area contributed by atoms with Gasteiger partial charge in [-0.2, -0.15) is 10.5 Å². The summed E-state index contributed by atoms with van der Waals surface area (Å²) < 4.78 is 10.9. The lowest BCUT2D eigenvalue weighted by Crippen LogP contribution is -2.21. The van der Waals surface area contributed by atoms with E-state index in [1.54, 1.807) is 42.6 Å². The Kier molecular flexibility index (Phi) is 6.78. The molecule has 0 aliphatic heterocycles. The summed E-state index contributed by atoms with van der Waals surface area (Å²) in [6, 6.07) is 13.9. The Morgan fingerprint density at radius 1 is 1.16 bits per heavy atom. The fourth-order valence-electron chi connectivity index (χ4n) is 1.88. The highest BCUT2D eigenvalue weighted by Crippen LogP contribution is 2.21. The number of hydrogen-bond acceptors (Lipinski definition) is 6. The first-order valence-corrected chi connectivity index (χ1v) is 7.60. The number of nitrogens with one attached hydrogen (secondary N) is 1. The summed E-state index contributed by atoms with van der Waals surface area (Å²) in [5, 5.41) is 19.9. The Labute approximate surface area is 145 Å². The molecule has 2 rings (SSSR count). The van der Waals surface area contributed by atoms with Gasteiger partial charge in [-0.25, -0.2) is 4.98 Å². The van der Waals surface area contributed by atoms with Crippen molar-refractivity contribution < 1.29 is 14.3 Å². The van der Waals surface area contributed by atoms with Crippen LogP contribution in [0.2, 0.25) is 0 Å². The molecule has 1 aromatic carbocycles. The number of unbranched alkanes of at least 4 members (excludes halogenated alkanes) is 1. The molecule has 0 bridgehead atoms. The summed E-state index contributed by atoms with van der Waals surface area (Å²) in [5.41, 5.74) is 0.517. The van der Waals surface area contributed by atoms with Gasteiger partial charge in [0, 0.05) is 12.6 Å². The Bertz CT molecular complexity index is 791. The lowest BCUT2D eigenvalue weighted by Gasteiger charge is -2.11. The number of nitriles is 2. The van der Waals surface area contributed by atoms with Crippen LogP contribution in [0.5, 0.6) is 11.5 Å². The summed E-state index contributed by atoms with van der Waals surface area (Å²) in [6.07, 6.45) is 2.54. The highest BCUT2D eigenvalue weighted by Gasteiger charge is 2.10. The van der Waals surface area contributed by atoms with Gasteiger partial charge in [-0.3, -0.25) is 4.79 Å². The van der Waals surface area contributed by atoms with Gasteiger partial charge in [-0.1, -0.05) is 0 Å². The number of hydrogen-bond donors (Lipinski definition) is 1. The minimum atomic E-state index is -0.384. The molecule has 0 unspecified atom stereocenters. The lowest BCUT2D eigenvalue weighted by atomic mass is 10.2. The quantitative estimate of drug-likeness (QED) is 0.742. The van der Waals surface area contributed by atoms with Crippen LogP contribution in [0.15, 0.2) is 42.6 Å². The molecule has 126 valence electrons. The van der Waals surface area contributed by atoms with Crippen LogP contribution >= 0.6 is 0 Å². The van der Waals surface area contributed by atoms with Crippen molar-refractivity contribution in [2.75, 3.05) is 18.5 Å². The van der Waals surface area contributed by atoms with Crippen molar-refractivity contribution in [3.8, 4) is 23.6 Å². The Morgan fingerprint density at radius 3 is 2.68 bits per heavy atom. The zero-order valence-corrected chi connectivity index (χ0v) is 13.4. The van der Waals surface area contributed by atoms with Gasteiger partial charge in [-0.05, 0) is 42.8 Å². The molecule has 1 aromatic heterocycles. The van der Waals surface area contributed by atoms with Gasteiger partial charge in [0.25, 0.3) is 5.91 Å². The highest BCUT2D eigenvalue weighted by atomic mass is 16.5. The van der Waals surface area contributed by atoms with Crippen LogP contribution in [-0.2, 0) is 4.79 Å². The molecule has 2 aromatic rings. The van der Waals surface area contributed by atoms with Crippen molar-refractivity contribution in [1.82, 2.24) is 4.98 Å². The second-order valence-corrected chi connectivity index (χ2v) is 4.93. The molecule has 0 fully saturated rings. The van der Waals surface area contributed by atoms with Crippen LogP contribution < -0.4 is 14.8 Å². The van der Waals surface area contributed by atoms with E-state index in [0.717, 1.165) is 0 Å². The predicted molar refractivity (Wildman–Crippen MR) is 89.9 cm³/mol. The smallest absolute Gasteiger partial charge is 0.263 e. The van der Waals surface area contributed by atoms with Crippen LogP contribution in [0, 0.1) is 22.7 Å². The van der Waals surface area contributed by atoms with Crippen molar-refractivity contribution in [2.24, 2.45) is 0 Å². The number of ether oxygens (including phenoxy) is 2. The minimum absolute atomic E-state index is 0.198. The molecule has 1 heterocycles. The second-order valence-electron chi connectivity index (χ2n) is 4.93. The summed E-state index contributed by atoms with van der Waals surface area (Å²) in [5.74, 6) is 0.841. The van der Waals surface area contributed by atoms with E-state index in [-0.39, 0.29) is 12.5 Å². The van der Waals surface area contributed by atoms with Crippen LogP contribution in [0.1, 0.15) is 18.4 Å². The highest BCUT2D eigenvalue weighted by molar-refractivity contribution is 5.92. The van der Waals surface area contributed by atoms with E-state index in [0.29, 0.717) is 42.3 Å². The van der Waals surface area contributed by atoms with Gasteiger partial charge in [0.1, 0.15) is 5.75 Å². The number of benzene rings is 1. The summed E-state index contributed by atoms with van der Waals surface area (Å²) in [7, 11) is 0. The number of anilines is 1. The molecule has 1 N–H and O–H groups in total. The number of rotatable bonds is 8. The summed E-state index contributed by atoms with van der Waals surface area (Å²) >= 11 is 0. The molecular weight excluding hydrogens is 320 g/mol. The van der Waals surface area contributed by atoms with E-state index < -0.39 is 0 Å². The Morgan fingerprint density at radius 2 is 1.96 bits per heavy atom.